The molecule has 1 amide bonds. The van der Waals surface area contributed by atoms with Gasteiger partial charge < -0.3 is 14.8 Å². The van der Waals surface area contributed by atoms with E-state index in [-0.39, 0.29) is 18.6 Å². The zero-order chi connectivity index (χ0) is 18.1. The second kappa shape index (κ2) is 9.14. The summed E-state index contributed by atoms with van der Waals surface area (Å²) in [6, 6.07) is 16.8. The number of rotatable bonds is 7. The molecular formula is C20H20N2O3. The average Bonchev–Trinajstić information content (AvgIpc) is 2.65. The van der Waals surface area contributed by atoms with Crippen LogP contribution < -0.4 is 14.8 Å². The van der Waals surface area contributed by atoms with E-state index in [0.29, 0.717) is 11.5 Å². The van der Waals surface area contributed by atoms with Crippen molar-refractivity contribution >= 4 is 12.0 Å². The van der Waals surface area contributed by atoms with Gasteiger partial charge in [-0.2, -0.15) is 5.26 Å². The number of carbonyl (C=O) groups is 1. The Morgan fingerprint density at radius 2 is 2.00 bits per heavy atom. The first-order valence-electron chi connectivity index (χ1n) is 7.85. The summed E-state index contributed by atoms with van der Waals surface area (Å²) >= 11 is 0. The van der Waals surface area contributed by atoms with E-state index in [2.05, 4.69) is 5.32 Å². The lowest BCUT2D eigenvalue weighted by Gasteiger charge is -2.12. The molecule has 0 aliphatic carbocycles. The highest BCUT2D eigenvalue weighted by molar-refractivity contribution is 5.92. The zero-order valence-electron chi connectivity index (χ0n) is 14.2. The standard InChI is InChI=1S/C20H20N2O3/c1-15(17-6-4-3-5-7-17)22-20(23)11-9-16-8-10-18(25-13-12-21)19(14-16)24-2/h3-11,14-15H,13H2,1-2H3,(H,22,23). The predicted octanol–water partition coefficient (Wildman–Crippen LogP) is 3.49. The van der Waals surface area contributed by atoms with E-state index in [0.717, 1.165) is 11.1 Å². The van der Waals surface area contributed by atoms with Gasteiger partial charge >= 0.3 is 0 Å². The van der Waals surface area contributed by atoms with Crippen LogP contribution in [0.4, 0.5) is 0 Å². The van der Waals surface area contributed by atoms with Crippen LogP contribution in [0.1, 0.15) is 24.1 Å². The van der Waals surface area contributed by atoms with Gasteiger partial charge in [0.25, 0.3) is 0 Å². The molecule has 0 heterocycles. The van der Waals surface area contributed by atoms with Crippen molar-refractivity contribution in [1.29, 1.82) is 5.26 Å². The van der Waals surface area contributed by atoms with E-state index in [1.807, 2.05) is 43.3 Å². The molecule has 0 saturated heterocycles. The molecule has 0 spiro atoms. The number of nitriles is 1. The predicted molar refractivity (Wildman–Crippen MR) is 96.1 cm³/mol. The summed E-state index contributed by atoms with van der Waals surface area (Å²) in [6.45, 7) is 1.89. The third-order valence-electron chi connectivity index (χ3n) is 3.57. The molecule has 0 aliphatic rings. The van der Waals surface area contributed by atoms with Crippen molar-refractivity contribution < 1.29 is 14.3 Å². The van der Waals surface area contributed by atoms with Gasteiger partial charge in [-0.05, 0) is 36.3 Å². The lowest BCUT2D eigenvalue weighted by atomic mass is 10.1. The van der Waals surface area contributed by atoms with Gasteiger partial charge in [-0.15, -0.1) is 0 Å². The second-order valence-electron chi connectivity index (χ2n) is 5.33. The van der Waals surface area contributed by atoms with Crippen LogP contribution in [0, 0.1) is 11.3 Å². The Hall–Kier alpha value is -3.26. The Morgan fingerprint density at radius 3 is 2.68 bits per heavy atom. The number of carbonyl (C=O) groups excluding carboxylic acids is 1. The fourth-order valence-electron chi connectivity index (χ4n) is 2.28. The van der Waals surface area contributed by atoms with Gasteiger partial charge in [-0.25, -0.2) is 0 Å². The summed E-state index contributed by atoms with van der Waals surface area (Å²) in [5.74, 6) is 0.818. The third kappa shape index (κ3) is 5.40. The van der Waals surface area contributed by atoms with Crippen LogP contribution in [-0.2, 0) is 4.79 Å². The number of nitrogens with zero attached hydrogens (tertiary/aromatic N) is 1. The number of hydrogen-bond acceptors (Lipinski definition) is 4. The van der Waals surface area contributed by atoms with E-state index in [1.165, 1.54) is 13.2 Å². The summed E-state index contributed by atoms with van der Waals surface area (Å²) < 4.78 is 10.5. The summed E-state index contributed by atoms with van der Waals surface area (Å²) in [5, 5.41) is 11.5. The lowest BCUT2D eigenvalue weighted by molar-refractivity contribution is -0.117. The summed E-state index contributed by atoms with van der Waals surface area (Å²) in [6.07, 6.45) is 3.17. The van der Waals surface area contributed by atoms with Crippen molar-refractivity contribution in [2.45, 2.75) is 13.0 Å². The summed E-state index contributed by atoms with van der Waals surface area (Å²) in [4.78, 5) is 12.1. The minimum atomic E-state index is -0.180. The van der Waals surface area contributed by atoms with Gasteiger partial charge in [-0.1, -0.05) is 36.4 Å². The van der Waals surface area contributed by atoms with Crippen LogP contribution in [0.3, 0.4) is 0 Å². The largest absolute Gasteiger partial charge is 0.493 e. The smallest absolute Gasteiger partial charge is 0.244 e. The fraction of sp³-hybridized carbons (Fsp3) is 0.200. The van der Waals surface area contributed by atoms with Gasteiger partial charge in [0, 0.05) is 6.08 Å². The molecule has 0 saturated carbocycles. The molecule has 0 aromatic heterocycles. The minimum Gasteiger partial charge on any atom is -0.493 e. The molecule has 0 aliphatic heterocycles. The average molecular weight is 336 g/mol. The normalized spacial score (nSPS) is 11.6. The van der Waals surface area contributed by atoms with E-state index in [4.69, 9.17) is 14.7 Å². The highest BCUT2D eigenvalue weighted by Crippen LogP contribution is 2.28. The Kier molecular flexibility index (Phi) is 6.61. The van der Waals surface area contributed by atoms with Crippen LogP contribution in [0.2, 0.25) is 0 Å². The van der Waals surface area contributed by atoms with Crippen LogP contribution in [0.25, 0.3) is 6.08 Å². The Balaban J connectivity index is 2.01. The van der Waals surface area contributed by atoms with E-state index in [1.54, 1.807) is 24.3 Å². The zero-order valence-corrected chi connectivity index (χ0v) is 14.2. The van der Waals surface area contributed by atoms with Crippen molar-refractivity contribution in [2.24, 2.45) is 0 Å². The molecule has 25 heavy (non-hydrogen) atoms. The molecule has 2 aromatic rings. The highest BCUT2D eigenvalue weighted by Gasteiger charge is 2.07. The highest BCUT2D eigenvalue weighted by atomic mass is 16.5. The first-order chi connectivity index (χ1) is 12.1. The molecule has 1 N–H and O–H groups in total. The number of hydrogen-bond donors (Lipinski definition) is 1. The minimum absolute atomic E-state index is 0.0503. The van der Waals surface area contributed by atoms with Crippen molar-refractivity contribution in [1.82, 2.24) is 5.32 Å². The molecule has 1 unspecified atom stereocenters. The molecule has 0 bridgehead atoms. The van der Waals surface area contributed by atoms with Crippen molar-refractivity contribution in [2.75, 3.05) is 13.7 Å². The first kappa shape index (κ1) is 18.1. The molecule has 2 aromatic carbocycles. The summed E-state index contributed by atoms with van der Waals surface area (Å²) in [5.41, 5.74) is 1.84. The van der Waals surface area contributed by atoms with Crippen LogP contribution in [0.15, 0.2) is 54.6 Å². The fourth-order valence-corrected chi connectivity index (χ4v) is 2.28. The van der Waals surface area contributed by atoms with Crippen molar-refractivity contribution in [3.8, 4) is 17.6 Å². The topological polar surface area (TPSA) is 71.3 Å². The monoisotopic (exact) mass is 336 g/mol. The van der Waals surface area contributed by atoms with Crippen LogP contribution >= 0.6 is 0 Å². The van der Waals surface area contributed by atoms with Gasteiger partial charge in [0.15, 0.2) is 18.1 Å². The molecule has 0 fully saturated rings. The van der Waals surface area contributed by atoms with Crippen molar-refractivity contribution in [3.05, 3.63) is 65.7 Å². The molecule has 128 valence electrons. The maximum Gasteiger partial charge on any atom is 0.244 e. The Labute approximate surface area is 147 Å². The van der Waals surface area contributed by atoms with Crippen LogP contribution in [0.5, 0.6) is 11.5 Å². The van der Waals surface area contributed by atoms with Gasteiger partial charge in [-0.3, -0.25) is 4.79 Å². The first-order valence-corrected chi connectivity index (χ1v) is 7.85. The van der Waals surface area contributed by atoms with E-state index >= 15 is 0 Å². The maximum absolute atomic E-state index is 12.1. The lowest BCUT2D eigenvalue weighted by Crippen LogP contribution is -2.24. The SMILES string of the molecule is COc1cc(C=CC(=O)NC(C)c2ccccc2)ccc1OCC#N. The maximum atomic E-state index is 12.1. The molecule has 2 rings (SSSR count). The van der Waals surface area contributed by atoms with Crippen molar-refractivity contribution in [3.63, 3.8) is 0 Å². The molecule has 1 atom stereocenters. The quantitative estimate of drug-likeness (QED) is 0.786. The van der Waals surface area contributed by atoms with Gasteiger partial charge in [0.1, 0.15) is 6.07 Å². The number of amides is 1. The second-order valence-corrected chi connectivity index (χ2v) is 5.33. The Bertz CT molecular complexity index is 779. The molecule has 0 radical (unpaired) electrons. The van der Waals surface area contributed by atoms with Crippen LogP contribution in [-0.4, -0.2) is 19.6 Å². The molecule has 5 heteroatoms. The number of nitrogens with one attached hydrogen (secondary N) is 1. The number of methoxy groups -OCH3 is 1. The van der Waals surface area contributed by atoms with E-state index < -0.39 is 0 Å². The van der Waals surface area contributed by atoms with Gasteiger partial charge in [0.2, 0.25) is 5.91 Å². The number of ether oxygens (including phenoxy) is 2. The number of benzene rings is 2. The van der Waals surface area contributed by atoms with E-state index in [9.17, 15) is 4.79 Å². The third-order valence-corrected chi connectivity index (χ3v) is 3.57. The van der Waals surface area contributed by atoms with Gasteiger partial charge in [0.05, 0.1) is 13.2 Å². The molecular weight excluding hydrogens is 316 g/mol. The molecule has 5 nitrogen and oxygen atoms in total. The summed E-state index contributed by atoms with van der Waals surface area (Å²) in [7, 11) is 1.52. The Morgan fingerprint density at radius 1 is 1.24 bits per heavy atom.